The van der Waals surface area contributed by atoms with Crippen molar-refractivity contribution in [3.63, 3.8) is 0 Å². The largest absolute Gasteiger partial charge is 0.454 e. The van der Waals surface area contributed by atoms with Gasteiger partial charge in [-0.05, 0) is 25.0 Å². The average Bonchev–Trinajstić information content (AvgIpc) is 2.85. The Kier molecular flexibility index (Phi) is 3.08. The quantitative estimate of drug-likeness (QED) is 0.859. The van der Waals surface area contributed by atoms with Crippen molar-refractivity contribution in [1.82, 2.24) is 0 Å². The number of alkyl halides is 3. The van der Waals surface area contributed by atoms with Gasteiger partial charge >= 0.3 is 6.18 Å². The van der Waals surface area contributed by atoms with Crippen molar-refractivity contribution in [3.05, 3.63) is 23.3 Å². The Bertz CT molecular complexity index is 522. The lowest BCUT2D eigenvalue weighted by Gasteiger charge is -2.36. The zero-order chi connectivity index (χ0) is 14.4. The Morgan fingerprint density at radius 1 is 1.05 bits per heavy atom. The second kappa shape index (κ2) is 4.55. The Morgan fingerprint density at radius 3 is 2.40 bits per heavy atom. The monoisotopic (exact) mass is 287 g/mol. The van der Waals surface area contributed by atoms with Crippen LogP contribution in [0.1, 0.15) is 43.2 Å². The first-order valence-electron chi connectivity index (χ1n) is 6.71. The highest BCUT2D eigenvalue weighted by molar-refractivity contribution is 5.56. The fourth-order valence-electron chi connectivity index (χ4n) is 3.14. The summed E-state index contributed by atoms with van der Waals surface area (Å²) in [6.07, 6.45) is -0.699. The topological polar surface area (TPSA) is 44.5 Å². The van der Waals surface area contributed by atoms with E-state index in [-0.39, 0.29) is 18.1 Å². The third-order valence-electron chi connectivity index (χ3n) is 4.09. The van der Waals surface area contributed by atoms with Gasteiger partial charge in [-0.1, -0.05) is 19.3 Å². The van der Waals surface area contributed by atoms with E-state index in [4.69, 9.17) is 15.2 Å². The third-order valence-corrected chi connectivity index (χ3v) is 4.09. The van der Waals surface area contributed by atoms with E-state index in [0.29, 0.717) is 18.6 Å². The van der Waals surface area contributed by atoms with Crippen molar-refractivity contribution in [2.24, 2.45) is 5.73 Å². The lowest BCUT2D eigenvalue weighted by atomic mass is 9.75. The second-order valence-corrected chi connectivity index (χ2v) is 5.44. The van der Waals surface area contributed by atoms with Crippen molar-refractivity contribution in [3.8, 4) is 11.5 Å². The molecule has 1 heterocycles. The number of fused-ring (bicyclic) bond motifs is 1. The molecule has 1 saturated carbocycles. The molecule has 3 rings (SSSR count). The van der Waals surface area contributed by atoms with Crippen LogP contribution in [0.5, 0.6) is 11.5 Å². The van der Waals surface area contributed by atoms with E-state index in [1.165, 1.54) is 6.07 Å². The molecule has 1 aliphatic carbocycles. The van der Waals surface area contributed by atoms with Crippen molar-refractivity contribution in [1.29, 1.82) is 0 Å². The van der Waals surface area contributed by atoms with E-state index in [2.05, 4.69) is 0 Å². The molecule has 1 fully saturated rings. The highest BCUT2D eigenvalue weighted by Crippen LogP contribution is 2.50. The van der Waals surface area contributed by atoms with Gasteiger partial charge in [-0.15, -0.1) is 0 Å². The van der Waals surface area contributed by atoms with Gasteiger partial charge in [0.05, 0.1) is 5.56 Å². The van der Waals surface area contributed by atoms with Crippen LogP contribution in [0, 0.1) is 0 Å². The van der Waals surface area contributed by atoms with Crippen LogP contribution in [-0.4, -0.2) is 6.79 Å². The van der Waals surface area contributed by atoms with Crippen molar-refractivity contribution in [2.75, 3.05) is 6.79 Å². The van der Waals surface area contributed by atoms with E-state index in [1.807, 2.05) is 0 Å². The minimum Gasteiger partial charge on any atom is -0.454 e. The molecule has 0 aromatic heterocycles. The smallest absolute Gasteiger partial charge is 0.416 e. The fourth-order valence-corrected chi connectivity index (χ4v) is 3.14. The highest BCUT2D eigenvalue weighted by Gasteiger charge is 2.44. The van der Waals surface area contributed by atoms with Gasteiger partial charge in [-0.3, -0.25) is 0 Å². The minimum absolute atomic E-state index is 0.0558. The number of rotatable bonds is 1. The van der Waals surface area contributed by atoms with E-state index in [9.17, 15) is 13.2 Å². The summed E-state index contributed by atoms with van der Waals surface area (Å²) in [5.41, 5.74) is 4.70. The molecule has 0 bridgehead atoms. The molecule has 1 aliphatic heterocycles. The lowest BCUT2D eigenvalue weighted by molar-refractivity contribution is -0.139. The van der Waals surface area contributed by atoms with Crippen LogP contribution in [-0.2, 0) is 11.7 Å². The number of benzene rings is 1. The average molecular weight is 287 g/mol. The Labute approximate surface area is 114 Å². The zero-order valence-electron chi connectivity index (χ0n) is 10.9. The standard InChI is InChI=1S/C14H16F3NO2/c15-14(16,17)9-4-5-10-12(20-8-19-10)11(9)13(18)6-2-1-3-7-13/h4-5H,1-3,6-8,18H2. The van der Waals surface area contributed by atoms with Gasteiger partial charge in [-0.2, -0.15) is 13.2 Å². The van der Waals surface area contributed by atoms with E-state index in [0.717, 1.165) is 25.3 Å². The molecule has 1 aromatic rings. The molecule has 0 radical (unpaired) electrons. The number of nitrogens with two attached hydrogens (primary N) is 1. The summed E-state index contributed by atoms with van der Waals surface area (Å²) < 4.78 is 50.3. The number of halogens is 3. The van der Waals surface area contributed by atoms with Crippen LogP contribution < -0.4 is 15.2 Å². The molecule has 20 heavy (non-hydrogen) atoms. The first-order chi connectivity index (χ1) is 9.42. The van der Waals surface area contributed by atoms with Gasteiger partial charge in [0.25, 0.3) is 0 Å². The first kappa shape index (κ1) is 13.5. The maximum Gasteiger partial charge on any atom is 0.416 e. The molecule has 110 valence electrons. The molecular weight excluding hydrogens is 271 g/mol. The van der Waals surface area contributed by atoms with Gasteiger partial charge in [0, 0.05) is 11.1 Å². The van der Waals surface area contributed by atoms with Crippen LogP contribution in [0.4, 0.5) is 13.2 Å². The van der Waals surface area contributed by atoms with Gasteiger partial charge in [0.15, 0.2) is 11.5 Å². The summed E-state index contributed by atoms with van der Waals surface area (Å²) >= 11 is 0. The molecule has 1 aromatic carbocycles. The van der Waals surface area contributed by atoms with E-state index < -0.39 is 17.3 Å². The predicted molar refractivity (Wildman–Crippen MR) is 66.5 cm³/mol. The summed E-state index contributed by atoms with van der Waals surface area (Å²) in [6, 6.07) is 2.35. The molecule has 0 unspecified atom stereocenters. The van der Waals surface area contributed by atoms with Gasteiger partial charge in [0.1, 0.15) is 0 Å². The fraction of sp³-hybridized carbons (Fsp3) is 0.571. The first-order valence-corrected chi connectivity index (χ1v) is 6.71. The van der Waals surface area contributed by atoms with E-state index in [1.54, 1.807) is 0 Å². The molecule has 0 spiro atoms. The Balaban J connectivity index is 2.18. The summed E-state index contributed by atoms with van der Waals surface area (Å²) in [7, 11) is 0. The van der Waals surface area contributed by atoms with Crippen LogP contribution >= 0.6 is 0 Å². The number of ether oxygens (including phenoxy) is 2. The molecule has 2 N–H and O–H groups in total. The number of hydrogen-bond donors (Lipinski definition) is 1. The third kappa shape index (κ3) is 2.12. The highest BCUT2D eigenvalue weighted by atomic mass is 19.4. The van der Waals surface area contributed by atoms with Crippen molar-refractivity contribution < 1.29 is 22.6 Å². The second-order valence-electron chi connectivity index (χ2n) is 5.44. The van der Waals surface area contributed by atoms with Gasteiger partial charge in [-0.25, -0.2) is 0 Å². The summed E-state index contributed by atoms with van der Waals surface area (Å²) in [5, 5.41) is 0. The molecule has 2 aliphatic rings. The maximum absolute atomic E-state index is 13.3. The number of hydrogen-bond acceptors (Lipinski definition) is 3. The van der Waals surface area contributed by atoms with Crippen LogP contribution in [0.2, 0.25) is 0 Å². The minimum atomic E-state index is -4.44. The van der Waals surface area contributed by atoms with Crippen LogP contribution in [0.3, 0.4) is 0 Å². The van der Waals surface area contributed by atoms with Crippen LogP contribution in [0.15, 0.2) is 12.1 Å². The maximum atomic E-state index is 13.3. The molecule has 0 amide bonds. The molecule has 0 saturated heterocycles. The van der Waals surface area contributed by atoms with Crippen molar-refractivity contribution in [2.45, 2.75) is 43.8 Å². The predicted octanol–water partition coefficient (Wildman–Crippen LogP) is 3.55. The normalized spacial score (nSPS) is 21.0. The summed E-state index contributed by atoms with van der Waals surface area (Å²) in [5.74, 6) is 0.521. The SMILES string of the molecule is NC1(c2c(C(F)(F)F)ccc3c2OCO3)CCCCC1. The molecular formula is C14H16F3NO2. The Morgan fingerprint density at radius 2 is 1.75 bits per heavy atom. The lowest BCUT2D eigenvalue weighted by Crippen LogP contribution is -2.40. The van der Waals surface area contributed by atoms with Gasteiger partial charge < -0.3 is 15.2 Å². The molecule has 6 heteroatoms. The summed E-state index contributed by atoms with van der Waals surface area (Å²) in [6.45, 7) is -0.0558. The zero-order valence-corrected chi connectivity index (χ0v) is 10.9. The van der Waals surface area contributed by atoms with Crippen molar-refractivity contribution >= 4 is 0 Å². The van der Waals surface area contributed by atoms with E-state index >= 15 is 0 Å². The summed E-state index contributed by atoms with van der Waals surface area (Å²) in [4.78, 5) is 0. The molecule has 3 nitrogen and oxygen atoms in total. The van der Waals surface area contributed by atoms with Crippen LogP contribution in [0.25, 0.3) is 0 Å². The van der Waals surface area contributed by atoms with Gasteiger partial charge in [0.2, 0.25) is 6.79 Å². The molecule has 0 atom stereocenters. The Hall–Kier alpha value is -1.43.